The summed E-state index contributed by atoms with van der Waals surface area (Å²) in [4.78, 5) is 0. The standard InChI is InChI=1S/C25H49N2/c1-3-5-7-9-10-11-12-13-14-15-16-17-18-20-22-27-24-23-26(25-27)21-19-8-6-4-2/h23-25H,3-22H2,1-2H3/q+1. The molecule has 27 heavy (non-hydrogen) atoms. The Hall–Kier alpha value is -0.790. The molecule has 0 aromatic carbocycles. The van der Waals surface area contributed by atoms with Gasteiger partial charge in [0.05, 0.1) is 13.1 Å². The molecule has 1 aromatic rings. The molecule has 0 aliphatic heterocycles. The quantitative estimate of drug-likeness (QED) is 0.162. The number of hydrogen-bond acceptors (Lipinski definition) is 0. The average Bonchev–Trinajstić information content (AvgIpc) is 3.13. The molecule has 0 radical (unpaired) electrons. The van der Waals surface area contributed by atoms with E-state index in [1.54, 1.807) is 0 Å². The Morgan fingerprint density at radius 2 is 1.00 bits per heavy atom. The Balaban J connectivity index is 1.83. The maximum absolute atomic E-state index is 2.38. The first-order valence-electron chi connectivity index (χ1n) is 12.4. The van der Waals surface area contributed by atoms with Gasteiger partial charge in [0, 0.05) is 0 Å². The lowest BCUT2D eigenvalue weighted by Crippen LogP contribution is -2.30. The van der Waals surface area contributed by atoms with Crippen molar-refractivity contribution in [2.75, 3.05) is 0 Å². The molecule has 0 spiro atoms. The molecule has 0 atom stereocenters. The van der Waals surface area contributed by atoms with Crippen LogP contribution in [0.3, 0.4) is 0 Å². The lowest BCUT2D eigenvalue weighted by molar-refractivity contribution is -0.696. The van der Waals surface area contributed by atoms with Gasteiger partial charge in [-0.3, -0.25) is 0 Å². The topological polar surface area (TPSA) is 8.81 Å². The smallest absolute Gasteiger partial charge is 0.237 e. The van der Waals surface area contributed by atoms with Gasteiger partial charge < -0.3 is 0 Å². The molecule has 158 valence electrons. The Kier molecular flexibility index (Phi) is 16.7. The predicted molar refractivity (Wildman–Crippen MR) is 119 cm³/mol. The summed E-state index contributed by atoms with van der Waals surface area (Å²) in [6.45, 7) is 6.96. The van der Waals surface area contributed by atoms with Crippen molar-refractivity contribution < 1.29 is 4.57 Å². The van der Waals surface area contributed by atoms with Gasteiger partial charge in [-0.05, 0) is 25.7 Å². The van der Waals surface area contributed by atoms with Crippen LogP contribution in [0.4, 0.5) is 0 Å². The molecule has 1 heterocycles. The van der Waals surface area contributed by atoms with Crippen molar-refractivity contribution in [1.82, 2.24) is 4.57 Å². The number of nitrogens with zero attached hydrogens (tertiary/aromatic N) is 2. The van der Waals surface area contributed by atoms with Crippen LogP contribution in [0, 0.1) is 0 Å². The molecule has 0 aliphatic carbocycles. The highest BCUT2D eigenvalue weighted by molar-refractivity contribution is 4.66. The zero-order chi connectivity index (χ0) is 19.4. The summed E-state index contributed by atoms with van der Waals surface area (Å²) in [5.41, 5.74) is 0. The van der Waals surface area contributed by atoms with E-state index in [0.29, 0.717) is 0 Å². The third kappa shape index (κ3) is 14.9. The van der Waals surface area contributed by atoms with E-state index in [0.717, 1.165) is 0 Å². The molecule has 1 rings (SSSR count). The number of hydrogen-bond donors (Lipinski definition) is 0. The molecule has 0 bridgehead atoms. The van der Waals surface area contributed by atoms with Gasteiger partial charge in [0.2, 0.25) is 6.33 Å². The van der Waals surface area contributed by atoms with Crippen LogP contribution >= 0.6 is 0 Å². The van der Waals surface area contributed by atoms with E-state index in [1.165, 1.54) is 129 Å². The van der Waals surface area contributed by atoms with E-state index in [2.05, 4.69) is 41.7 Å². The first kappa shape index (κ1) is 24.2. The second kappa shape index (κ2) is 18.6. The summed E-state index contributed by atoms with van der Waals surface area (Å²) >= 11 is 0. The van der Waals surface area contributed by atoms with Crippen LogP contribution in [0.1, 0.15) is 129 Å². The van der Waals surface area contributed by atoms with Crippen LogP contribution < -0.4 is 4.57 Å². The van der Waals surface area contributed by atoms with Crippen molar-refractivity contribution in [2.45, 2.75) is 143 Å². The van der Waals surface area contributed by atoms with E-state index in [4.69, 9.17) is 0 Å². The molecular formula is C25H49N2+. The fourth-order valence-electron chi connectivity index (χ4n) is 3.91. The zero-order valence-electron chi connectivity index (χ0n) is 18.8. The average molecular weight is 378 g/mol. The lowest BCUT2D eigenvalue weighted by Gasteiger charge is -2.03. The van der Waals surface area contributed by atoms with Gasteiger partial charge in [0.1, 0.15) is 12.4 Å². The summed E-state index contributed by atoms with van der Waals surface area (Å²) in [5, 5.41) is 0. The summed E-state index contributed by atoms with van der Waals surface area (Å²) in [6, 6.07) is 0. The van der Waals surface area contributed by atoms with Gasteiger partial charge in [-0.25, -0.2) is 9.13 Å². The highest BCUT2D eigenvalue weighted by Crippen LogP contribution is 2.12. The zero-order valence-corrected chi connectivity index (χ0v) is 18.8. The molecule has 2 heteroatoms. The van der Waals surface area contributed by atoms with Crippen LogP contribution in [0.5, 0.6) is 0 Å². The minimum Gasteiger partial charge on any atom is -0.237 e. The number of aromatic nitrogens is 2. The fourth-order valence-corrected chi connectivity index (χ4v) is 3.91. The molecule has 1 aromatic heterocycles. The van der Waals surface area contributed by atoms with Crippen molar-refractivity contribution in [3.05, 3.63) is 18.7 Å². The maximum Gasteiger partial charge on any atom is 0.243 e. The Labute approximate surface area is 170 Å². The second-order valence-corrected chi connectivity index (χ2v) is 8.55. The van der Waals surface area contributed by atoms with Crippen molar-refractivity contribution in [2.24, 2.45) is 0 Å². The molecule has 0 aliphatic rings. The van der Waals surface area contributed by atoms with Gasteiger partial charge in [0.25, 0.3) is 0 Å². The van der Waals surface area contributed by atoms with Crippen LogP contribution in [-0.4, -0.2) is 4.57 Å². The van der Waals surface area contributed by atoms with Gasteiger partial charge >= 0.3 is 0 Å². The van der Waals surface area contributed by atoms with Gasteiger partial charge in [0.15, 0.2) is 0 Å². The molecule has 0 N–H and O–H groups in total. The number of rotatable bonds is 20. The second-order valence-electron chi connectivity index (χ2n) is 8.55. The Bertz CT molecular complexity index is 410. The van der Waals surface area contributed by atoms with Gasteiger partial charge in [-0.15, -0.1) is 0 Å². The third-order valence-electron chi connectivity index (χ3n) is 5.79. The van der Waals surface area contributed by atoms with E-state index in [9.17, 15) is 0 Å². The Morgan fingerprint density at radius 1 is 0.556 bits per heavy atom. The highest BCUT2D eigenvalue weighted by atomic mass is 15.1. The minimum atomic E-state index is 1.19. The van der Waals surface area contributed by atoms with Gasteiger partial charge in [-0.1, -0.05) is 104 Å². The van der Waals surface area contributed by atoms with Crippen molar-refractivity contribution in [3.8, 4) is 0 Å². The molecule has 0 amide bonds. The molecule has 0 fully saturated rings. The third-order valence-corrected chi connectivity index (χ3v) is 5.79. The number of imidazole rings is 1. The summed E-state index contributed by atoms with van der Waals surface area (Å²) < 4.78 is 4.74. The molecular weight excluding hydrogens is 328 g/mol. The first-order valence-corrected chi connectivity index (χ1v) is 12.4. The van der Waals surface area contributed by atoms with E-state index in [1.807, 2.05) is 0 Å². The predicted octanol–water partition coefficient (Wildman–Crippen LogP) is 7.84. The summed E-state index contributed by atoms with van der Waals surface area (Å²) in [5.74, 6) is 0. The van der Waals surface area contributed by atoms with Crippen molar-refractivity contribution in [3.63, 3.8) is 0 Å². The minimum absolute atomic E-state index is 1.19. The van der Waals surface area contributed by atoms with Crippen LogP contribution in [-0.2, 0) is 13.1 Å². The monoisotopic (exact) mass is 377 g/mol. The van der Waals surface area contributed by atoms with Crippen molar-refractivity contribution in [1.29, 1.82) is 0 Å². The fraction of sp³-hybridized carbons (Fsp3) is 0.880. The lowest BCUT2D eigenvalue weighted by atomic mass is 10.0. The largest absolute Gasteiger partial charge is 0.243 e. The Morgan fingerprint density at radius 3 is 1.52 bits per heavy atom. The van der Waals surface area contributed by atoms with Crippen molar-refractivity contribution >= 4 is 0 Å². The number of unbranched alkanes of at least 4 members (excludes halogenated alkanes) is 16. The molecule has 0 saturated heterocycles. The van der Waals surface area contributed by atoms with E-state index in [-0.39, 0.29) is 0 Å². The first-order chi connectivity index (χ1) is 13.4. The SMILES string of the molecule is CCCCCCCCCCCCCCCC[n+]1ccn(CCCCCC)c1. The summed E-state index contributed by atoms with van der Waals surface area (Å²) in [7, 11) is 0. The van der Waals surface area contributed by atoms with E-state index < -0.39 is 0 Å². The number of aryl methyl sites for hydroxylation is 2. The van der Waals surface area contributed by atoms with Gasteiger partial charge in [-0.2, -0.15) is 0 Å². The highest BCUT2D eigenvalue weighted by Gasteiger charge is 2.03. The molecule has 2 nitrogen and oxygen atoms in total. The molecule has 0 saturated carbocycles. The van der Waals surface area contributed by atoms with E-state index >= 15 is 0 Å². The normalized spacial score (nSPS) is 11.3. The summed E-state index contributed by atoms with van der Waals surface area (Å²) in [6.07, 6.45) is 32.3. The van der Waals surface area contributed by atoms with Crippen LogP contribution in [0.25, 0.3) is 0 Å². The van der Waals surface area contributed by atoms with Crippen LogP contribution in [0.15, 0.2) is 18.7 Å². The molecule has 0 unspecified atom stereocenters. The van der Waals surface area contributed by atoms with Crippen LogP contribution in [0.2, 0.25) is 0 Å². The maximum atomic E-state index is 2.38.